The van der Waals surface area contributed by atoms with Gasteiger partial charge in [-0.05, 0) is 31.9 Å². The zero-order chi connectivity index (χ0) is 20.3. The normalized spacial score (nSPS) is 14.9. The Morgan fingerprint density at radius 3 is 2.43 bits per heavy atom. The lowest BCUT2D eigenvalue weighted by Crippen LogP contribution is -2.49. The van der Waals surface area contributed by atoms with Gasteiger partial charge in [-0.15, -0.1) is 37.1 Å². The summed E-state index contributed by atoms with van der Waals surface area (Å²) in [5, 5.41) is 17.2. The number of rotatable bonds is 12. The predicted molar refractivity (Wildman–Crippen MR) is 128 cm³/mol. The van der Waals surface area contributed by atoms with Crippen molar-refractivity contribution in [3.8, 4) is 0 Å². The SMILES string of the molecule is C=CCN(CC=C)C(CNC(=NCC(C)(O)c1ccco1)NCC)C(C)C.I. The summed E-state index contributed by atoms with van der Waals surface area (Å²) in [7, 11) is 0. The van der Waals surface area contributed by atoms with Crippen LogP contribution in [0.3, 0.4) is 0 Å². The Hall–Kier alpha value is -1.32. The zero-order valence-electron chi connectivity index (χ0n) is 17.6. The van der Waals surface area contributed by atoms with Gasteiger partial charge < -0.3 is 20.2 Å². The van der Waals surface area contributed by atoms with Crippen molar-refractivity contribution in [2.45, 2.75) is 39.3 Å². The number of aliphatic imine (C=N–C) groups is 1. The molecule has 1 rings (SSSR count). The molecule has 0 saturated heterocycles. The molecular formula is C21H37IN4O2. The topological polar surface area (TPSA) is 73.0 Å². The second kappa shape index (κ2) is 13.8. The van der Waals surface area contributed by atoms with Crippen LogP contribution in [0.15, 0.2) is 53.1 Å². The van der Waals surface area contributed by atoms with Crippen molar-refractivity contribution in [1.29, 1.82) is 0 Å². The number of guanidine groups is 1. The molecule has 2 atom stereocenters. The molecule has 160 valence electrons. The van der Waals surface area contributed by atoms with Crippen molar-refractivity contribution in [2.24, 2.45) is 10.9 Å². The Morgan fingerprint density at radius 2 is 1.96 bits per heavy atom. The van der Waals surface area contributed by atoms with Crippen LogP contribution in [-0.4, -0.2) is 54.7 Å². The van der Waals surface area contributed by atoms with E-state index in [0.29, 0.717) is 23.7 Å². The molecule has 2 unspecified atom stereocenters. The maximum absolute atomic E-state index is 10.6. The fourth-order valence-electron chi connectivity index (χ4n) is 2.90. The van der Waals surface area contributed by atoms with Gasteiger partial charge in [0, 0.05) is 32.2 Å². The van der Waals surface area contributed by atoms with E-state index < -0.39 is 5.60 Å². The molecule has 0 aromatic carbocycles. The van der Waals surface area contributed by atoms with Gasteiger partial charge in [-0.25, -0.2) is 4.99 Å². The van der Waals surface area contributed by atoms with E-state index in [1.165, 1.54) is 0 Å². The van der Waals surface area contributed by atoms with Crippen molar-refractivity contribution in [2.75, 3.05) is 32.7 Å². The molecule has 0 aliphatic rings. The molecule has 1 heterocycles. The van der Waals surface area contributed by atoms with Gasteiger partial charge in [-0.2, -0.15) is 0 Å². The van der Waals surface area contributed by atoms with Gasteiger partial charge in [0.1, 0.15) is 11.4 Å². The highest BCUT2D eigenvalue weighted by molar-refractivity contribution is 14.0. The van der Waals surface area contributed by atoms with Crippen molar-refractivity contribution >= 4 is 29.9 Å². The first kappa shape index (κ1) is 26.7. The largest absolute Gasteiger partial charge is 0.466 e. The summed E-state index contributed by atoms with van der Waals surface area (Å²) in [5.74, 6) is 1.63. The molecule has 0 radical (unpaired) electrons. The Kier molecular flexibility index (Phi) is 13.1. The lowest BCUT2D eigenvalue weighted by molar-refractivity contribution is 0.0436. The summed E-state index contributed by atoms with van der Waals surface area (Å²) < 4.78 is 5.32. The van der Waals surface area contributed by atoms with Gasteiger partial charge in [0.2, 0.25) is 0 Å². The average Bonchev–Trinajstić information content (AvgIpc) is 3.15. The van der Waals surface area contributed by atoms with Crippen LogP contribution in [-0.2, 0) is 5.60 Å². The number of nitrogens with one attached hydrogen (secondary N) is 2. The van der Waals surface area contributed by atoms with E-state index >= 15 is 0 Å². The maximum Gasteiger partial charge on any atom is 0.191 e. The summed E-state index contributed by atoms with van der Waals surface area (Å²) >= 11 is 0. The summed E-state index contributed by atoms with van der Waals surface area (Å²) in [5.41, 5.74) is -1.15. The minimum absolute atomic E-state index is 0. The molecule has 0 spiro atoms. The summed E-state index contributed by atoms with van der Waals surface area (Å²) in [6.07, 6.45) is 5.38. The van der Waals surface area contributed by atoms with Crippen LogP contribution in [0.4, 0.5) is 0 Å². The fourth-order valence-corrected chi connectivity index (χ4v) is 2.90. The zero-order valence-corrected chi connectivity index (χ0v) is 20.0. The molecular weight excluding hydrogens is 467 g/mol. The number of hydrogen-bond acceptors (Lipinski definition) is 4. The first-order chi connectivity index (χ1) is 12.9. The third-order valence-electron chi connectivity index (χ3n) is 4.39. The minimum atomic E-state index is -1.15. The predicted octanol–water partition coefficient (Wildman–Crippen LogP) is 3.36. The number of hydrogen-bond donors (Lipinski definition) is 3. The molecule has 6 nitrogen and oxygen atoms in total. The second-order valence-electron chi connectivity index (χ2n) is 7.17. The first-order valence-corrected chi connectivity index (χ1v) is 9.60. The molecule has 0 aliphatic carbocycles. The Labute approximate surface area is 187 Å². The molecule has 3 N–H and O–H groups in total. The highest BCUT2D eigenvalue weighted by atomic mass is 127. The van der Waals surface area contributed by atoms with Crippen LogP contribution < -0.4 is 10.6 Å². The Bertz CT molecular complexity index is 575. The highest BCUT2D eigenvalue weighted by Crippen LogP contribution is 2.21. The van der Waals surface area contributed by atoms with Crippen molar-refractivity contribution < 1.29 is 9.52 Å². The van der Waals surface area contributed by atoms with E-state index in [9.17, 15) is 5.11 Å². The smallest absolute Gasteiger partial charge is 0.191 e. The van der Waals surface area contributed by atoms with Crippen LogP contribution in [0.25, 0.3) is 0 Å². The van der Waals surface area contributed by atoms with Gasteiger partial charge in [0.25, 0.3) is 0 Å². The standard InChI is InChI=1S/C21H36N4O2.HI/c1-7-12-25(13-8-2)18(17(4)5)15-23-20(22-9-3)24-16-21(6,26)19-11-10-14-27-19;/h7-8,10-11,14,17-18,26H,1-2,9,12-13,15-16H2,3-6H3,(H2,22,23,24);1H. The van der Waals surface area contributed by atoms with E-state index in [1.54, 1.807) is 25.3 Å². The van der Waals surface area contributed by atoms with Crippen LogP contribution >= 0.6 is 24.0 Å². The molecule has 0 bridgehead atoms. The first-order valence-electron chi connectivity index (χ1n) is 9.60. The molecule has 0 amide bonds. The van der Waals surface area contributed by atoms with Gasteiger partial charge in [0.05, 0.1) is 12.8 Å². The van der Waals surface area contributed by atoms with E-state index in [2.05, 4.69) is 47.5 Å². The number of halogens is 1. The summed E-state index contributed by atoms with van der Waals surface area (Å²) in [6.45, 7) is 19.1. The van der Waals surface area contributed by atoms with Crippen LogP contribution in [0, 0.1) is 5.92 Å². The Morgan fingerprint density at radius 1 is 1.32 bits per heavy atom. The molecule has 0 aliphatic heterocycles. The molecule has 1 aromatic rings. The van der Waals surface area contributed by atoms with E-state index in [-0.39, 0.29) is 30.5 Å². The number of furan rings is 1. The maximum atomic E-state index is 10.6. The third-order valence-corrected chi connectivity index (χ3v) is 4.39. The minimum Gasteiger partial charge on any atom is -0.466 e. The molecule has 28 heavy (non-hydrogen) atoms. The van der Waals surface area contributed by atoms with Gasteiger partial charge in [0.15, 0.2) is 5.96 Å². The fraction of sp³-hybridized carbons (Fsp3) is 0.571. The van der Waals surface area contributed by atoms with Gasteiger partial charge in [-0.3, -0.25) is 4.90 Å². The summed E-state index contributed by atoms with van der Waals surface area (Å²) in [6, 6.07) is 3.82. The highest BCUT2D eigenvalue weighted by Gasteiger charge is 2.26. The van der Waals surface area contributed by atoms with Crippen LogP contribution in [0.2, 0.25) is 0 Å². The number of aliphatic hydroxyl groups is 1. The molecule has 1 aromatic heterocycles. The molecule has 0 saturated carbocycles. The molecule has 7 heteroatoms. The molecule has 0 fully saturated rings. The van der Waals surface area contributed by atoms with E-state index in [0.717, 1.165) is 26.2 Å². The second-order valence-corrected chi connectivity index (χ2v) is 7.17. The van der Waals surface area contributed by atoms with Gasteiger partial charge in [-0.1, -0.05) is 26.0 Å². The van der Waals surface area contributed by atoms with Crippen LogP contribution in [0.1, 0.15) is 33.5 Å². The number of nitrogens with zero attached hydrogens (tertiary/aromatic N) is 2. The van der Waals surface area contributed by atoms with E-state index in [4.69, 9.17) is 4.42 Å². The van der Waals surface area contributed by atoms with Crippen molar-refractivity contribution in [3.05, 3.63) is 49.5 Å². The third kappa shape index (κ3) is 8.79. The quantitative estimate of drug-likeness (QED) is 0.176. The Balaban J connectivity index is 0.00000729. The monoisotopic (exact) mass is 504 g/mol. The van der Waals surface area contributed by atoms with Crippen LogP contribution in [0.5, 0.6) is 0 Å². The van der Waals surface area contributed by atoms with Gasteiger partial charge >= 0.3 is 0 Å². The summed E-state index contributed by atoms with van der Waals surface area (Å²) in [4.78, 5) is 6.88. The lowest BCUT2D eigenvalue weighted by atomic mass is 10.0. The van der Waals surface area contributed by atoms with Crippen molar-refractivity contribution in [3.63, 3.8) is 0 Å². The van der Waals surface area contributed by atoms with E-state index in [1.807, 2.05) is 19.1 Å². The lowest BCUT2D eigenvalue weighted by Gasteiger charge is -2.33. The van der Waals surface area contributed by atoms with Crippen molar-refractivity contribution in [1.82, 2.24) is 15.5 Å². The average molecular weight is 504 g/mol.